The van der Waals surface area contributed by atoms with E-state index in [0.717, 1.165) is 22.0 Å². The lowest BCUT2D eigenvalue weighted by molar-refractivity contribution is -0.384. The van der Waals surface area contributed by atoms with E-state index in [-0.39, 0.29) is 5.69 Å². The van der Waals surface area contributed by atoms with Crippen molar-refractivity contribution in [1.29, 1.82) is 0 Å². The van der Waals surface area contributed by atoms with Gasteiger partial charge < -0.3 is 10.7 Å². The Hall–Kier alpha value is -3.15. The molecule has 1 aromatic heterocycles. The number of aromatic amines is 1. The molecule has 0 saturated carbocycles. The summed E-state index contributed by atoms with van der Waals surface area (Å²) in [6.45, 7) is 0. The van der Waals surface area contributed by atoms with Crippen LogP contribution >= 0.6 is 0 Å². The Morgan fingerprint density at radius 3 is 2.55 bits per heavy atom. The van der Waals surface area contributed by atoms with Gasteiger partial charge in [-0.1, -0.05) is 12.1 Å². The number of nitrogens with zero attached hydrogens (tertiary/aromatic N) is 1. The van der Waals surface area contributed by atoms with Gasteiger partial charge in [-0.15, -0.1) is 0 Å². The molecule has 2 aromatic carbocycles. The Balaban J connectivity index is 1.94. The van der Waals surface area contributed by atoms with E-state index < -0.39 is 10.8 Å². The number of non-ortho nitro benzene ring substituents is 1. The van der Waals surface area contributed by atoms with Crippen molar-refractivity contribution in [2.24, 2.45) is 5.73 Å². The van der Waals surface area contributed by atoms with Crippen LogP contribution in [0.5, 0.6) is 0 Å². The highest BCUT2D eigenvalue weighted by atomic mass is 16.6. The molecule has 0 fully saturated rings. The number of nitro benzene ring substituents is 1. The minimum Gasteiger partial charge on any atom is -0.366 e. The van der Waals surface area contributed by atoms with E-state index in [4.69, 9.17) is 5.73 Å². The molecule has 1 amide bonds. The minimum absolute atomic E-state index is 0.0671. The molecule has 0 aliphatic rings. The molecule has 0 bridgehead atoms. The van der Waals surface area contributed by atoms with Crippen molar-refractivity contribution >= 4 is 22.5 Å². The van der Waals surface area contributed by atoms with Gasteiger partial charge in [-0.3, -0.25) is 14.9 Å². The molecule has 0 saturated heterocycles. The molecular formula is C16H13N3O3. The Labute approximate surface area is 125 Å². The summed E-state index contributed by atoms with van der Waals surface area (Å²) in [5.74, 6) is -0.464. The van der Waals surface area contributed by atoms with Crippen LogP contribution in [0, 0.1) is 10.1 Å². The summed E-state index contributed by atoms with van der Waals surface area (Å²) < 4.78 is 0. The van der Waals surface area contributed by atoms with Gasteiger partial charge in [0, 0.05) is 34.8 Å². The molecule has 110 valence electrons. The molecular weight excluding hydrogens is 282 g/mol. The lowest BCUT2D eigenvalue weighted by Gasteiger charge is -2.02. The van der Waals surface area contributed by atoms with Crippen molar-refractivity contribution in [2.75, 3.05) is 0 Å². The van der Waals surface area contributed by atoms with E-state index in [9.17, 15) is 14.9 Å². The first-order valence-electron chi connectivity index (χ1n) is 6.68. The third-order valence-corrected chi connectivity index (χ3v) is 3.59. The summed E-state index contributed by atoms with van der Waals surface area (Å²) >= 11 is 0. The number of nitro groups is 1. The zero-order valence-electron chi connectivity index (χ0n) is 11.6. The average molecular weight is 295 g/mol. The molecule has 3 aromatic rings. The van der Waals surface area contributed by atoms with E-state index in [1.54, 1.807) is 24.3 Å². The monoisotopic (exact) mass is 295 g/mol. The number of carbonyl (C=O) groups is 1. The van der Waals surface area contributed by atoms with Crippen LogP contribution in [0.4, 0.5) is 5.69 Å². The molecule has 6 heteroatoms. The SMILES string of the molecule is NC(=O)c1ccc(Cc2c[nH]c3ccc([N+](=O)[O-])cc23)cc1. The number of amides is 1. The molecule has 1 heterocycles. The van der Waals surface area contributed by atoms with Gasteiger partial charge in [-0.05, 0) is 35.7 Å². The van der Waals surface area contributed by atoms with Crippen LogP contribution < -0.4 is 5.73 Å². The normalized spacial score (nSPS) is 10.7. The number of carbonyl (C=O) groups excluding carboxylic acids is 1. The lowest BCUT2D eigenvalue weighted by Crippen LogP contribution is -2.10. The first kappa shape index (κ1) is 13.8. The van der Waals surface area contributed by atoms with Crippen molar-refractivity contribution in [1.82, 2.24) is 4.98 Å². The van der Waals surface area contributed by atoms with Crippen LogP contribution in [0.1, 0.15) is 21.5 Å². The molecule has 3 N–H and O–H groups in total. The Kier molecular flexibility index (Phi) is 3.34. The number of rotatable bonds is 4. The second-order valence-corrected chi connectivity index (χ2v) is 5.04. The van der Waals surface area contributed by atoms with Gasteiger partial charge in [0.05, 0.1) is 4.92 Å². The highest BCUT2D eigenvalue weighted by Gasteiger charge is 2.11. The second-order valence-electron chi connectivity index (χ2n) is 5.04. The molecule has 3 rings (SSSR count). The number of aromatic nitrogens is 1. The fourth-order valence-electron chi connectivity index (χ4n) is 2.43. The van der Waals surface area contributed by atoms with Gasteiger partial charge in [0.25, 0.3) is 5.69 Å². The van der Waals surface area contributed by atoms with Gasteiger partial charge >= 0.3 is 0 Å². The number of nitrogens with one attached hydrogen (secondary N) is 1. The van der Waals surface area contributed by atoms with E-state index >= 15 is 0 Å². The van der Waals surface area contributed by atoms with Gasteiger partial charge in [0.15, 0.2) is 0 Å². The highest BCUT2D eigenvalue weighted by Crippen LogP contribution is 2.25. The fourth-order valence-corrected chi connectivity index (χ4v) is 2.43. The molecule has 0 unspecified atom stereocenters. The number of hydrogen-bond acceptors (Lipinski definition) is 3. The third kappa shape index (κ3) is 2.54. The molecule has 0 aliphatic heterocycles. The number of hydrogen-bond donors (Lipinski definition) is 2. The summed E-state index contributed by atoms with van der Waals surface area (Å²) in [5, 5.41) is 11.7. The van der Waals surface area contributed by atoms with Crippen LogP contribution in [0.3, 0.4) is 0 Å². The van der Waals surface area contributed by atoms with E-state index in [2.05, 4.69) is 4.98 Å². The van der Waals surface area contributed by atoms with E-state index in [1.165, 1.54) is 6.07 Å². The summed E-state index contributed by atoms with van der Waals surface area (Å²) in [6.07, 6.45) is 2.45. The van der Waals surface area contributed by atoms with Gasteiger partial charge in [0.2, 0.25) is 5.91 Å². The zero-order chi connectivity index (χ0) is 15.7. The summed E-state index contributed by atoms with van der Waals surface area (Å²) in [5.41, 5.74) is 8.55. The smallest absolute Gasteiger partial charge is 0.270 e. The number of fused-ring (bicyclic) bond motifs is 1. The summed E-state index contributed by atoms with van der Waals surface area (Å²) in [6, 6.07) is 11.8. The quantitative estimate of drug-likeness (QED) is 0.571. The van der Waals surface area contributed by atoms with Gasteiger partial charge in [0.1, 0.15) is 0 Å². The van der Waals surface area contributed by atoms with Crippen molar-refractivity contribution < 1.29 is 9.72 Å². The topological polar surface area (TPSA) is 102 Å². The fraction of sp³-hybridized carbons (Fsp3) is 0.0625. The molecule has 6 nitrogen and oxygen atoms in total. The number of nitrogens with two attached hydrogens (primary N) is 1. The predicted molar refractivity (Wildman–Crippen MR) is 82.7 cm³/mol. The van der Waals surface area contributed by atoms with E-state index in [1.807, 2.05) is 18.3 Å². The van der Waals surface area contributed by atoms with Crippen molar-refractivity contribution in [3.63, 3.8) is 0 Å². The maximum absolute atomic E-state index is 11.1. The standard InChI is InChI=1S/C16H13N3O3/c17-16(20)11-3-1-10(2-4-11)7-12-9-18-15-6-5-13(19(21)22)8-14(12)15/h1-6,8-9,18H,7H2,(H2,17,20). The van der Waals surface area contributed by atoms with Crippen LogP contribution in [-0.2, 0) is 6.42 Å². The molecule has 22 heavy (non-hydrogen) atoms. The number of H-pyrrole nitrogens is 1. The first-order valence-corrected chi connectivity index (χ1v) is 6.68. The highest BCUT2D eigenvalue weighted by molar-refractivity contribution is 5.92. The Morgan fingerprint density at radius 2 is 1.91 bits per heavy atom. The molecule has 0 spiro atoms. The Bertz CT molecular complexity index is 866. The van der Waals surface area contributed by atoms with Gasteiger partial charge in [-0.25, -0.2) is 0 Å². The molecule has 0 atom stereocenters. The largest absolute Gasteiger partial charge is 0.366 e. The van der Waals surface area contributed by atoms with Crippen molar-refractivity contribution in [3.05, 3.63) is 75.5 Å². The predicted octanol–water partition coefficient (Wildman–Crippen LogP) is 2.77. The summed E-state index contributed by atoms with van der Waals surface area (Å²) in [7, 11) is 0. The van der Waals surface area contributed by atoms with Gasteiger partial charge in [-0.2, -0.15) is 0 Å². The van der Waals surface area contributed by atoms with E-state index in [0.29, 0.717) is 12.0 Å². The van der Waals surface area contributed by atoms with Crippen LogP contribution in [0.2, 0.25) is 0 Å². The first-order chi connectivity index (χ1) is 10.5. The zero-order valence-corrected chi connectivity index (χ0v) is 11.6. The second kappa shape index (κ2) is 5.33. The average Bonchev–Trinajstić information content (AvgIpc) is 2.90. The minimum atomic E-state index is -0.464. The third-order valence-electron chi connectivity index (χ3n) is 3.59. The molecule has 0 radical (unpaired) electrons. The number of primary amides is 1. The van der Waals surface area contributed by atoms with Crippen LogP contribution in [-0.4, -0.2) is 15.8 Å². The lowest BCUT2D eigenvalue weighted by atomic mass is 10.0. The molecule has 0 aliphatic carbocycles. The Morgan fingerprint density at radius 1 is 1.18 bits per heavy atom. The van der Waals surface area contributed by atoms with Crippen LogP contribution in [0.15, 0.2) is 48.7 Å². The maximum atomic E-state index is 11.1. The van der Waals surface area contributed by atoms with Crippen molar-refractivity contribution in [2.45, 2.75) is 6.42 Å². The van der Waals surface area contributed by atoms with Crippen molar-refractivity contribution in [3.8, 4) is 0 Å². The number of benzene rings is 2. The maximum Gasteiger partial charge on any atom is 0.270 e. The van der Waals surface area contributed by atoms with Crippen LogP contribution in [0.25, 0.3) is 10.9 Å². The summed E-state index contributed by atoms with van der Waals surface area (Å²) in [4.78, 5) is 24.7.